The van der Waals surface area contributed by atoms with Gasteiger partial charge in [-0.25, -0.2) is 0 Å². The molecule has 0 saturated heterocycles. The summed E-state index contributed by atoms with van der Waals surface area (Å²) in [5.41, 5.74) is 2.42. The molecule has 0 fully saturated rings. The molecule has 0 saturated carbocycles. The molecule has 3 heteroatoms. The third-order valence-corrected chi connectivity index (χ3v) is 3.39. The Kier molecular flexibility index (Phi) is 4.00. The van der Waals surface area contributed by atoms with Crippen LogP contribution in [-0.2, 0) is 0 Å². The highest BCUT2D eigenvalue weighted by atomic mass is 16.0. The number of hydrogen-bond donors (Lipinski definition) is 0. The molecule has 0 N–H and O–H groups in total. The van der Waals surface area contributed by atoms with Crippen LogP contribution in [0.3, 0.4) is 0 Å². The number of nitrogens with zero attached hydrogens (tertiary/aromatic N) is 3. The SMILES string of the molecule is CN(C)[N+](c1ccccc1)(c1ccccc1)N(C)C. The standard InChI is InChI=1S/C16H22N3/c1-17(2)19(18(3)4,15-11-7-5-8-12-15)16-13-9-6-10-14-16/h5-14H,1-4H3/q+1. The average molecular weight is 256 g/mol. The second-order valence-corrected chi connectivity index (χ2v) is 4.97. The van der Waals surface area contributed by atoms with Gasteiger partial charge in [0, 0.05) is 52.5 Å². The van der Waals surface area contributed by atoms with Crippen LogP contribution in [0.25, 0.3) is 0 Å². The van der Waals surface area contributed by atoms with E-state index in [0.717, 1.165) is 0 Å². The van der Waals surface area contributed by atoms with Crippen LogP contribution in [0, 0.1) is 0 Å². The van der Waals surface area contributed by atoms with Crippen molar-refractivity contribution in [1.82, 2.24) is 14.7 Å². The number of quaternary nitrogens is 1. The summed E-state index contributed by atoms with van der Waals surface area (Å²) in [7, 11) is 8.39. The fraction of sp³-hybridized carbons (Fsp3) is 0.250. The van der Waals surface area contributed by atoms with Gasteiger partial charge in [0.2, 0.25) is 0 Å². The predicted molar refractivity (Wildman–Crippen MR) is 81.7 cm³/mol. The number of hydrogen-bond acceptors (Lipinski definition) is 2. The fourth-order valence-corrected chi connectivity index (χ4v) is 2.70. The van der Waals surface area contributed by atoms with Crippen molar-refractivity contribution in [3.63, 3.8) is 0 Å². The second-order valence-electron chi connectivity index (χ2n) is 4.97. The molecule has 0 unspecified atom stereocenters. The third kappa shape index (κ3) is 2.28. The van der Waals surface area contributed by atoms with Crippen molar-refractivity contribution in [3.8, 4) is 0 Å². The number of benzene rings is 2. The molecular weight excluding hydrogens is 234 g/mol. The first-order chi connectivity index (χ1) is 9.10. The molecule has 0 aliphatic heterocycles. The molecule has 0 radical (unpaired) electrons. The van der Waals surface area contributed by atoms with Crippen LogP contribution in [0.2, 0.25) is 0 Å². The van der Waals surface area contributed by atoms with Crippen LogP contribution in [0.1, 0.15) is 0 Å². The van der Waals surface area contributed by atoms with Crippen molar-refractivity contribution in [2.45, 2.75) is 0 Å². The van der Waals surface area contributed by atoms with Crippen molar-refractivity contribution in [2.75, 3.05) is 28.2 Å². The Morgan fingerprint density at radius 1 is 0.579 bits per heavy atom. The summed E-state index contributed by atoms with van der Waals surface area (Å²) in [5.74, 6) is 0. The van der Waals surface area contributed by atoms with E-state index < -0.39 is 0 Å². The quantitative estimate of drug-likeness (QED) is 0.612. The van der Waals surface area contributed by atoms with Crippen LogP contribution in [0.15, 0.2) is 60.7 Å². The summed E-state index contributed by atoms with van der Waals surface area (Å²) in [6, 6.07) is 21.1. The first-order valence-corrected chi connectivity index (χ1v) is 6.46. The third-order valence-electron chi connectivity index (χ3n) is 3.39. The van der Waals surface area contributed by atoms with Crippen molar-refractivity contribution >= 4 is 11.4 Å². The molecule has 0 spiro atoms. The van der Waals surface area contributed by atoms with Crippen molar-refractivity contribution in [1.29, 1.82) is 0 Å². The summed E-state index contributed by atoms with van der Waals surface area (Å²) in [4.78, 5) is 0. The van der Waals surface area contributed by atoms with E-state index in [2.05, 4.69) is 98.9 Å². The molecule has 0 aromatic heterocycles. The highest BCUT2D eigenvalue weighted by Crippen LogP contribution is 2.36. The maximum atomic E-state index is 2.20. The van der Waals surface area contributed by atoms with Gasteiger partial charge in [-0.2, -0.15) is 0 Å². The van der Waals surface area contributed by atoms with Crippen molar-refractivity contribution < 1.29 is 0 Å². The lowest BCUT2D eigenvalue weighted by Crippen LogP contribution is -2.62. The Bertz CT molecular complexity index is 457. The molecule has 100 valence electrons. The lowest BCUT2D eigenvalue weighted by Gasteiger charge is -2.44. The topological polar surface area (TPSA) is 6.48 Å². The number of para-hydroxylation sites is 2. The van der Waals surface area contributed by atoms with E-state index in [0.29, 0.717) is 4.70 Å². The highest BCUT2D eigenvalue weighted by molar-refractivity contribution is 5.55. The van der Waals surface area contributed by atoms with E-state index in [1.807, 2.05) is 0 Å². The molecule has 0 aliphatic rings. The zero-order valence-corrected chi connectivity index (χ0v) is 12.1. The Morgan fingerprint density at radius 3 is 1.16 bits per heavy atom. The van der Waals surface area contributed by atoms with Crippen LogP contribution in [0.5, 0.6) is 0 Å². The van der Waals surface area contributed by atoms with Crippen LogP contribution in [0.4, 0.5) is 11.4 Å². The number of rotatable bonds is 4. The van der Waals surface area contributed by atoms with Gasteiger partial charge in [-0.05, 0) is 0 Å². The predicted octanol–water partition coefficient (Wildman–Crippen LogP) is 3.28. The summed E-state index contributed by atoms with van der Waals surface area (Å²) in [5, 5.41) is 4.40. The normalized spacial score (nSPS) is 12.1. The van der Waals surface area contributed by atoms with Gasteiger partial charge < -0.3 is 0 Å². The van der Waals surface area contributed by atoms with Gasteiger partial charge in [0.15, 0.2) is 11.4 Å². The van der Waals surface area contributed by atoms with Gasteiger partial charge in [0.05, 0.1) is 0 Å². The van der Waals surface area contributed by atoms with Gasteiger partial charge in [0.1, 0.15) is 0 Å². The van der Waals surface area contributed by atoms with Gasteiger partial charge in [0.25, 0.3) is 0 Å². The van der Waals surface area contributed by atoms with Crippen molar-refractivity contribution in [3.05, 3.63) is 60.7 Å². The van der Waals surface area contributed by atoms with Crippen LogP contribution in [-0.4, -0.2) is 38.2 Å². The Morgan fingerprint density at radius 2 is 0.895 bits per heavy atom. The molecule has 19 heavy (non-hydrogen) atoms. The summed E-state index contributed by atoms with van der Waals surface area (Å²) < 4.78 is 0.557. The Hall–Kier alpha value is -1.68. The Labute approximate surface area is 115 Å². The van der Waals surface area contributed by atoms with Crippen LogP contribution < -0.4 is 4.70 Å². The van der Waals surface area contributed by atoms with E-state index in [1.165, 1.54) is 11.4 Å². The van der Waals surface area contributed by atoms with Gasteiger partial charge in [-0.3, -0.25) is 0 Å². The zero-order valence-electron chi connectivity index (χ0n) is 12.1. The monoisotopic (exact) mass is 256 g/mol. The summed E-state index contributed by atoms with van der Waals surface area (Å²) in [6.07, 6.45) is 0. The summed E-state index contributed by atoms with van der Waals surface area (Å²) >= 11 is 0. The van der Waals surface area contributed by atoms with Gasteiger partial charge in [-0.1, -0.05) is 36.4 Å². The molecule has 3 nitrogen and oxygen atoms in total. The lowest BCUT2D eigenvalue weighted by atomic mass is 10.2. The zero-order chi connectivity index (χ0) is 13.9. The first-order valence-electron chi connectivity index (χ1n) is 6.46. The molecule has 2 aromatic carbocycles. The van der Waals surface area contributed by atoms with E-state index in [4.69, 9.17) is 0 Å². The lowest BCUT2D eigenvalue weighted by molar-refractivity contribution is -0.0686. The van der Waals surface area contributed by atoms with Gasteiger partial charge >= 0.3 is 0 Å². The molecule has 2 aromatic rings. The van der Waals surface area contributed by atoms with E-state index >= 15 is 0 Å². The molecular formula is C16H22N3+. The second kappa shape index (κ2) is 5.53. The molecule has 2 rings (SSSR count). The maximum Gasteiger partial charge on any atom is 0.177 e. The maximum absolute atomic E-state index is 2.20. The minimum absolute atomic E-state index is 0.557. The van der Waals surface area contributed by atoms with E-state index in [9.17, 15) is 0 Å². The van der Waals surface area contributed by atoms with Crippen LogP contribution >= 0.6 is 0 Å². The Balaban J connectivity index is 2.69. The largest absolute Gasteiger partial charge is 0.177 e. The average Bonchev–Trinajstić information content (AvgIpc) is 2.41. The molecule has 0 heterocycles. The minimum Gasteiger partial charge on any atom is -0.131 e. The smallest absolute Gasteiger partial charge is 0.131 e. The van der Waals surface area contributed by atoms with Crippen molar-refractivity contribution in [2.24, 2.45) is 0 Å². The molecule has 0 atom stereocenters. The molecule has 0 aliphatic carbocycles. The summed E-state index contributed by atoms with van der Waals surface area (Å²) in [6.45, 7) is 0. The van der Waals surface area contributed by atoms with E-state index in [1.54, 1.807) is 0 Å². The van der Waals surface area contributed by atoms with Gasteiger partial charge in [-0.15, -0.1) is 14.7 Å². The minimum atomic E-state index is 0.557. The van der Waals surface area contributed by atoms with E-state index in [-0.39, 0.29) is 0 Å². The fourth-order valence-electron chi connectivity index (χ4n) is 2.70. The first kappa shape index (κ1) is 13.7. The molecule has 0 bridgehead atoms. The highest BCUT2D eigenvalue weighted by Gasteiger charge is 2.39. The molecule has 0 amide bonds.